The molecule has 5 N–H and O–H groups in total. The number of amides is 2. The molecule has 1 saturated heterocycles. The van der Waals surface area contributed by atoms with E-state index in [1.807, 2.05) is 127 Å². The number of nitrogens with one attached hydrogen (secondary N) is 5. The van der Waals surface area contributed by atoms with Gasteiger partial charge in [-0.15, -0.1) is 0 Å². The van der Waals surface area contributed by atoms with E-state index in [0.29, 0.717) is 17.5 Å². The average Bonchev–Trinajstić information content (AvgIpc) is 3.31. The molecule has 0 bridgehead atoms. The number of benzene rings is 6. The van der Waals surface area contributed by atoms with Crippen LogP contribution in [0.2, 0.25) is 0 Å². The van der Waals surface area contributed by atoms with Gasteiger partial charge in [0.15, 0.2) is 5.78 Å². The van der Waals surface area contributed by atoms with Gasteiger partial charge >= 0.3 is 6.18 Å². The third-order valence-electron chi connectivity index (χ3n) is 12.3. The van der Waals surface area contributed by atoms with Crippen molar-refractivity contribution in [1.82, 2.24) is 4.90 Å². The highest BCUT2D eigenvalue weighted by atomic mass is 19.4. The number of aryl methyl sites for hydroxylation is 5. The van der Waals surface area contributed by atoms with Crippen LogP contribution in [0.25, 0.3) is 0 Å². The van der Waals surface area contributed by atoms with Crippen molar-refractivity contribution in [3.63, 3.8) is 0 Å². The second-order valence-corrected chi connectivity index (χ2v) is 23.3. The number of ketones is 1. The number of anilines is 5. The molecule has 6 aromatic rings. The fourth-order valence-electron chi connectivity index (χ4n) is 8.57. The van der Waals surface area contributed by atoms with Gasteiger partial charge in [0.1, 0.15) is 0 Å². The molecule has 6 aromatic carbocycles. The molecule has 0 unspecified atom stereocenters. The molecule has 2 amide bonds. The third-order valence-corrected chi connectivity index (χ3v) is 12.3. The Labute approximate surface area is 450 Å². The zero-order chi connectivity index (χ0) is 56.2. The van der Waals surface area contributed by atoms with Gasteiger partial charge < -0.3 is 26.6 Å². The normalized spacial score (nSPS) is 13.0. The van der Waals surface area contributed by atoms with Crippen LogP contribution in [0.5, 0.6) is 0 Å². The molecule has 0 spiro atoms. The zero-order valence-electron chi connectivity index (χ0n) is 47.3. The van der Waals surface area contributed by atoms with Gasteiger partial charge in [-0.1, -0.05) is 72.6 Å². The lowest BCUT2D eigenvalue weighted by atomic mass is 9.99. The molecule has 406 valence electrons. The molecule has 1 fully saturated rings. The van der Waals surface area contributed by atoms with Gasteiger partial charge in [0.25, 0.3) is 11.8 Å². The number of likely N-dealkylation sites (tertiary alicyclic amines) is 1. The Balaban J connectivity index is 0.000000217. The predicted octanol–water partition coefficient (Wildman–Crippen LogP) is 16.2. The number of hydrogen-bond acceptors (Lipinski definition) is 7. The summed E-state index contributed by atoms with van der Waals surface area (Å²) < 4.78 is 41.3. The second kappa shape index (κ2) is 25.7. The quantitative estimate of drug-likeness (QED) is 0.0776. The Morgan fingerprint density at radius 3 is 1.42 bits per heavy atom. The molecule has 1 aliphatic rings. The molecule has 9 nitrogen and oxygen atoms in total. The van der Waals surface area contributed by atoms with Crippen LogP contribution >= 0.6 is 0 Å². The van der Waals surface area contributed by atoms with Gasteiger partial charge in [0.05, 0.1) is 5.56 Å². The minimum absolute atomic E-state index is 0.00390. The fourth-order valence-corrected chi connectivity index (χ4v) is 8.57. The number of rotatable bonds is 12. The summed E-state index contributed by atoms with van der Waals surface area (Å²) in [5.41, 5.74) is 11.6. The number of hydrogen-bond donors (Lipinski definition) is 5. The van der Waals surface area contributed by atoms with Crippen molar-refractivity contribution in [2.75, 3.05) is 39.7 Å². The van der Waals surface area contributed by atoms with Crippen molar-refractivity contribution in [3.8, 4) is 0 Å². The average molecular weight is 1040 g/mol. The van der Waals surface area contributed by atoms with Crippen molar-refractivity contribution in [2.24, 2.45) is 0 Å². The van der Waals surface area contributed by atoms with Crippen LogP contribution in [0.1, 0.15) is 157 Å². The number of piperidine rings is 1. The van der Waals surface area contributed by atoms with Gasteiger partial charge in [-0.25, -0.2) is 0 Å². The van der Waals surface area contributed by atoms with E-state index in [-0.39, 0.29) is 46.1 Å². The fraction of sp³-hybridized carbons (Fsp3) is 0.391. The minimum atomic E-state index is -4.49. The van der Waals surface area contributed by atoms with E-state index in [9.17, 15) is 27.6 Å². The van der Waals surface area contributed by atoms with E-state index in [2.05, 4.69) is 92.1 Å². The van der Waals surface area contributed by atoms with Crippen LogP contribution in [-0.4, -0.2) is 52.2 Å². The molecule has 1 heterocycles. The summed E-state index contributed by atoms with van der Waals surface area (Å²) in [7, 11) is 0. The highest BCUT2D eigenvalue weighted by molar-refractivity contribution is 6.06. The largest absolute Gasteiger partial charge is 0.416 e. The smallest absolute Gasteiger partial charge is 0.380 e. The van der Waals surface area contributed by atoms with Crippen molar-refractivity contribution in [2.45, 2.75) is 152 Å². The number of Topliss-reactive ketones (excluding diaryl/α,β-unsaturated/α-hetero) is 1. The maximum Gasteiger partial charge on any atom is 0.416 e. The van der Waals surface area contributed by atoms with Crippen LogP contribution in [0.3, 0.4) is 0 Å². The summed E-state index contributed by atoms with van der Waals surface area (Å²) >= 11 is 0. The van der Waals surface area contributed by atoms with Crippen LogP contribution in [0.4, 0.5) is 41.6 Å². The number of alkyl halides is 3. The summed E-state index contributed by atoms with van der Waals surface area (Å²) in [5, 5.41) is 15.9. The second-order valence-electron chi connectivity index (χ2n) is 23.3. The van der Waals surface area contributed by atoms with Gasteiger partial charge in [0.2, 0.25) is 0 Å². The first-order valence-corrected chi connectivity index (χ1v) is 26.3. The monoisotopic (exact) mass is 1040 g/mol. The third kappa shape index (κ3) is 19.7. The summed E-state index contributed by atoms with van der Waals surface area (Å²) in [6, 6.07) is 36.8. The van der Waals surface area contributed by atoms with Gasteiger partial charge in [-0.2, -0.15) is 13.2 Å². The number of nitrogens with zero attached hydrogens (tertiary/aromatic N) is 1. The van der Waals surface area contributed by atoms with Gasteiger partial charge in [-0.05, 0) is 217 Å². The van der Waals surface area contributed by atoms with E-state index < -0.39 is 17.6 Å². The molecule has 0 aromatic heterocycles. The molecular weight excluding hydrogens is 958 g/mol. The maximum atomic E-state index is 13.8. The van der Waals surface area contributed by atoms with Crippen LogP contribution in [-0.2, 0) is 19.1 Å². The summed E-state index contributed by atoms with van der Waals surface area (Å²) in [4.78, 5) is 39.7. The van der Waals surface area contributed by atoms with Crippen LogP contribution < -0.4 is 26.6 Å². The highest BCUT2D eigenvalue weighted by Gasteiger charge is 2.34. The van der Waals surface area contributed by atoms with Crippen LogP contribution in [0, 0.1) is 34.6 Å². The van der Waals surface area contributed by atoms with Crippen molar-refractivity contribution in [1.29, 1.82) is 0 Å². The van der Waals surface area contributed by atoms with Crippen molar-refractivity contribution < 1.29 is 27.6 Å². The van der Waals surface area contributed by atoms with Gasteiger partial charge in [0, 0.05) is 74.7 Å². The molecule has 12 heteroatoms. The molecule has 0 atom stereocenters. The molecule has 76 heavy (non-hydrogen) atoms. The Bertz CT molecular complexity index is 2950. The lowest BCUT2D eigenvalue weighted by molar-refractivity contribution is -0.138. The van der Waals surface area contributed by atoms with Crippen molar-refractivity contribution >= 4 is 46.0 Å². The van der Waals surface area contributed by atoms with E-state index in [1.165, 1.54) is 11.6 Å². The van der Waals surface area contributed by atoms with E-state index in [4.69, 9.17) is 0 Å². The lowest BCUT2D eigenvalue weighted by Crippen LogP contribution is -2.30. The minimum Gasteiger partial charge on any atom is -0.380 e. The zero-order valence-corrected chi connectivity index (χ0v) is 47.3. The predicted molar refractivity (Wildman–Crippen MR) is 311 cm³/mol. The summed E-state index contributed by atoms with van der Waals surface area (Å²) in [5.74, 6) is -0.379. The Hall–Kier alpha value is -6.92. The molecule has 0 radical (unpaired) electrons. The molecule has 1 aliphatic heterocycles. The highest BCUT2D eigenvalue weighted by Crippen LogP contribution is 2.35. The topological polar surface area (TPSA) is 115 Å². The Morgan fingerprint density at radius 2 is 0.947 bits per heavy atom. The molecule has 0 aliphatic carbocycles. The Morgan fingerprint density at radius 1 is 0.487 bits per heavy atom. The molecule has 7 rings (SSSR count). The van der Waals surface area contributed by atoms with Crippen LogP contribution in [0.15, 0.2) is 121 Å². The first-order valence-electron chi connectivity index (χ1n) is 26.3. The number of carbonyl (C=O) groups is 3. The first-order chi connectivity index (χ1) is 35.4. The Kier molecular flexibility index (Phi) is 20.3. The lowest BCUT2D eigenvalue weighted by Gasteiger charge is -2.27. The number of halogens is 3. The van der Waals surface area contributed by atoms with E-state index in [0.717, 1.165) is 94.5 Å². The molecular formula is C64H81F3N6O3. The standard InChI is InChI=1S/C25H32F3N3O.C20H25NO.C19H24N2O/c1-17-8-9-18(14-22(17)30-24(2,3)4)23(32)29-20-11-10-19(21(15-20)25(26,27)28)16-31-12-6-5-7-13-31;1-14-7-6-8-17(11-14)19(22)13-16-10-9-15(2)18(12-16)21-20(3,4)5;1-13-7-6-8-16(11-13)20-18(22)15-10-9-14(2)17(12-15)21-19(3,4)5/h8-11,14-15,30H,5-7,12-13,16H2,1-4H3,(H,29,32);6-12,21H,13H2,1-5H3;6-12,21H,1-5H3,(H,20,22). The van der Waals surface area contributed by atoms with Crippen molar-refractivity contribution in [3.05, 3.63) is 183 Å². The maximum absolute atomic E-state index is 13.8. The van der Waals surface area contributed by atoms with E-state index >= 15 is 0 Å². The van der Waals surface area contributed by atoms with Gasteiger partial charge in [-0.3, -0.25) is 19.3 Å². The SMILES string of the molecule is Cc1ccc(C(=O)Nc2ccc(CN3CCCCC3)c(C(F)(F)F)c2)cc1NC(C)(C)C.Cc1cccc(C(=O)Cc2ccc(C)c(NC(C)(C)C)c2)c1.Cc1cccc(NC(=O)c2ccc(C)c(NC(C)(C)C)c2)c1. The summed E-state index contributed by atoms with van der Waals surface area (Å²) in [6.45, 7) is 30.7. The first kappa shape index (κ1) is 60.0. The number of carbonyl (C=O) groups excluding carboxylic acids is 3. The van der Waals surface area contributed by atoms with E-state index in [1.54, 1.807) is 18.2 Å². The molecule has 0 saturated carbocycles. The summed E-state index contributed by atoms with van der Waals surface area (Å²) in [6.07, 6.45) is -0.905.